The van der Waals surface area contributed by atoms with Crippen molar-refractivity contribution in [1.82, 2.24) is 4.98 Å². The van der Waals surface area contributed by atoms with Crippen LogP contribution in [0.1, 0.15) is 12.1 Å². The number of ether oxygens (including phenoxy) is 1. The molecule has 0 spiro atoms. The number of aromatic nitrogens is 1. The zero-order chi connectivity index (χ0) is 10.7. The quantitative estimate of drug-likeness (QED) is 0.772. The van der Waals surface area contributed by atoms with Crippen LogP contribution in [0.25, 0.3) is 0 Å². The SMILES string of the molecule is O=C(O)CCc1ccc2c(n1)NCCO2. The molecule has 0 saturated heterocycles. The largest absolute Gasteiger partial charge is 0.488 e. The standard InChI is InChI=1S/C10H12N2O3/c13-9(14)4-2-7-1-3-8-10(12-7)11-5-6-15-8/h1,3H,2,4-6H2,(H,11,12)(H,13,14). The lowest BCUT2D eigenvalue weighted by atomic mass is 10.2. The monoisotopic (exact) mass is 208 g/mol. The number of fused-ring (bicyclic) bond motifs is 1. The molecule has 2 N–H and O–H groups in total. The first-order chi connectivity index (χ1) is 7.25. The fourth-order valence-electron chi connectivity index (χ4n) is 1.43. The molecular weight excluding hydrogens is 196 g/mol. The van der Waals surface area contributed by atoms with Gasteiger partial charge in [0.2, 0.25) is 0 Å². The van der Waals surface area contributed by atoms with Crippen LogP contribution in [0.4, 0.5) is 5.82 Å². The molecule has 0 aromatic carbocycles. The summed E-state index contributed by atoms with van der Waals surface area (Å²) >= 11 is 0. The third-order valence-electron chi connectivity index (χ3n) is 2.16. The number of nitrogens with zero attached hydrogens (tertiary/aromatic N) is 1. The zero-order valence-corrected chi connectivity index (χ0v) is 8.19. The number of aryl methyl sites for hydroxylation is 1. The van der Waals surface area contributed by atoms with E-state index in [1.54, 1.807) is 6.07 Å². The molecule has 2 rings (SSSR count). The van der Waals surface area contributed by atoms with Gasteiger partial charge in [0, 0.05) is 12.1 Å². The summed E-state index contributed by atoms with van der Waals surface area (Å²) in [5.41, 5.74) is 0.772. The van der Waals surface area contributed by atoms with Gasteiger partial charge in [-0.3, -0.25) is 4.79 Å². The molecule has 80 valence electrons. The maximum atomic E-state index is 10.4. The molecule has 2 heterocycles. The van der Waals surface area contributed by atoms with Gasteiger partial charge in [-0.15, -0.1) is 0 Å². The minimum atomic E-state index is -0.807. The Bertz CT molecular complexity index is 379. The number of carbonyl (C=O) groups is 1. The Labute approximate surface area is 87.1 Å². The van der Waals surface area contributed by atoms with Gasteiger partial charge in [0.1, 0.15) is 6.61 Å². The fourth-order valence-corrected chi connectivity index (χ4v) is 1.43. The van der Waals surface area contributed by atoms with E-state index in [1.807, 2.05) is 6.07 Å². The molecule has 1 aromatic heterocycles. The first kappa shape index (κ1) is 9.76. The number of rotatable bonds is 3. The minimum Gasteiger partial charge on any atom is -0.488 e. The lowest BCUT2D eigenvalue weighted by Gasteiger charge is -2.18. The average Bonchev–Trinajstić information content (AvgIpc) is 2.26. The van der Waals surface area contributed by atoms with Crippen LogP contribution in [0, 0.1) is 0 Å². The summed E-state index contributed by atoms with van der Waals surface area (Å²) in [6, 6.07) is 3.63. The van der Waals surface area contributed by atoms with Gasteiger partial charge in [-0.05, 0) is 12.1 Å². The van der Waals surface area contributed by atoms with Crippen molar-refractivity contribution in [3.8, 4) is 5.75 Å². The van der Waals surface area contributed by atoms with E-state index in [0.717, 1.165) is 18.0 Å². The van der Waals surface area contributed by atoms with Crippen LogP contribution < -0.4 is 10.1 Å². The number of aliphatic carboxylic acids is 1. The van der Waals surface area contributed by atoms with Gasteiger partial charge in [-0.2, -0.15) is 0 Å². The van der Waals surface area contributed by atoms with Crippen LogP contribution in [-0.2, 0) is 11.2 Å². The predicted molar refractivity (Wildman–Crippen MR) is 54.2 cm³/mol. The Hall–Kier alpha value is -1.78. The van der Waals surface area contributed by atoms with Gasteiger partial charge in [0.15, 0.2) is 11.6 Å². The van der Waals surface area contributed by atoms with Crippen molar-refractivity contribution in [3.63, 3.8) is 0 Å². The number of carboxylic acid groups (broad SMARTS) is 1. The Balaban J connectivity index is 2.10. The third kappa shape index (κ3) is 2.37. The zero-order valence-electron chi connectivity index (χ0n) is 8.19. The second kappa shape index (κ2) is 4.16. The van der Waals surface area contributed by atoms with E-state index in [4.69, 9.17) is 9.84 Å². The highest BCUT2D eigenvalue weighted by molar-refractivity contribution is 5.67. The molecule has 5 nitrogen and oxygen atoms in total. The first-order valence-corrected chi connectivity index (χ1v) is 4.84. The summed E-state index contributed by atoms with van der Waals surface area (Å²) in [5.74, 6) is 0.642. The van der Waals surface area contributed by atoms with E-state index in [1.165, 1.54) is 0 Å². The van der Waals surface area contributed by atoms with Gasteiger partial charge in [-0.1, -0.05) is 0 Å². The van der Waals surface area contributed by atoms with Crippen LogP contribution in [0.3, 0.4) is 0 Å². The Morgan fingerprint density at radius 2 is 2.47 bits per heavy atom. The van der Waals surface area contributed by atoms with E-state index >= 15 is 0 Å². The Kier molecular flexibility index (Phi) is 2.71. The summed E-state index contributed by atoms with van der Waals surface area (Å²) in [4.78, 5) is 14.7. The van der Waals surface area contributed by atoms with Crippen molar-refractivity contribution in [2.45, 2.75) is 12.8 Å². The van der Waals surface area contributed by atoms with Gasteiger partial charge in [0.25, 0.3) is 0 Å². The first-order valence-electron chi connectivity index (χ1n) is 4.84. The topological polar surface area (TPSA) is 71.5 Å². The highest BCUT2D eigenvalue weighted by Crippen LogP contribution is 2.24. The van der Waals surface area contributed by atoms with Crippen molar-refractivity contribution in [1.29, 1.82) is 0 Å². The lowest BCUT2D eigenvalue weighted by molar-refractivity contribution is -0.136. The Morgan fingerprint density at radius 1 is 1.60 bits per heavy atom. The molecule has 0 amide bonds. The smallest absolute Gasteiger partial charge is 0.303 e. The van der Waals surface area contributed by atoms with Crippen LogP contribution in [0.5, 0.6) is 5.75 Å². The number of carboxylic acids is 1. The highest BCUT2D eigenvalue weighted by Gasteiger charge is 2.11. The summed E-state index contributed by atoms with van der Waals surface area (Å²) in [6.45, 7) is 1.38. The van der Waals surface area contributed by atoms with Crippen molar-refractivity contribution >= 4 is 11.8 Å². The van der Waals surface area contributed by atoms with Crippen molar-refractivity contribution < 1.29 is 14.6 Å². The minimum absolute atomic E-state index is 0.104. The van der Waals surface area contributed by atoms with Gasteiger partial charge >= 0.3 is 5.97 Å². The maximum absolute atomic E-state index is 10.4. The number of nitrogens with one attached hydrogen (secondary N) is 1. The average molecular weight is 208 g/mol. The highest BCUT2D eigenvalue weighted by atomic mass is 16.5. The molecular formula is C10H12N2O3. The molecule has 15 heavy (non-hydrogen) atoms. The lowest BCUT2D eigenvalue weighted by Crippen LogP contribution is -2.19. The number of anilines is 1. The van der Waals surface area contributed by atoms with Gasteiger partial charge in [-0.25, -0.2) is 4.98 Å². The van der Waals surface area contributed by atoms with Gasteiger partial charge in [0.05, 0.1) is 13.0 Å². The van der Waals surface area contributed by atoms with Crippen molar-refractivity contribution in [2.75, 3.05) is 18.5 Å². The predicted octanol–water partition coefficient (Wildman–Crippen LogP) is 0.903. The number of hydrogen-bond donors (Lipinski definition) is 2. The van der Waals surface area contributed by atoms with E-state index in [-0.39, 0.29) is 6.42 Å². The summed E-state index contributed by atoms with van der Waals surface area (Å²) in [5, 5.41) is 11.7. The fraction of sp³-hybridized carbons (Fsp3) is 0.400. The number of pyridine rings is 1. The molecule has 0 saturated carbocycles. The van der Waals surface area contributed by atoms with Crippen LogP contribution >= 0.6 is 0 Å². The van der Waals surface area contributed by atoms with Gasteiger partial charge < -0.3 is 15.2 Å². The molecule has 1 aliphatic rings. The summed E-state index contributed by atoms with van der Waals surface area (Å²) < 4.78 is 5.36. The van der Waals surface area contributed by atoms with Crippen molar-refractivity contribution in [3.05, 3.63) is 17.8 Å². The van der Waals surface area contributed by atoms with E-state index in [2.05, 4.69) is 10.3 Å². The molecule has 0 aliphatic carbocycles. The maximum Gasteiger partial charge on any atom is 0.303 e. The molecule has 0 fully saturated rings. The second-order valence-corrected chi connectivity index (χ2v) is 3.32. The molecule has 0 atom stereocenters. The van der Waals surface area contributed by atoms with E-state index in [9.17, 15) is 4.79 Å². The second-order valence-electron chi connectivity index (χ2n) is 3.32. The molecule has 0 radical (unpaired) electrons. The normalized spacial score (nSPS) is 13.6. The molecule has 1 aliphatic heterocycles. The summed E-state index contributed by atoms with van der Waals surface area (Å²) in [6.07, 6.45) is 0.553. The third-order valence-corrected chi connectivity index (χ3v) is 2.16. The van der Waals surface area contributed by atoms with E-state index in [0.29, 0.717) is 18.8 Å². The molecule has 0 unspecified atom stereocenters. The van der Waals surface area contributed by atoms with Crippen molar-refractivity contribution in [2.24, 2.45) is 0 Å². The Morgan fingerprint density at radius 3 is 3.27 bits per heavy atom. The van der Waals surface area contributed by atoms with Crippen LogP contribution in [0.2, 0.25) is 0 Å². The molecule has 5 heteroatoms. The van der Waals surface area contributed by atoms with E-state index < -0.39 is 5.97 Å². The van der Waals surface area contributed by atoms with Crippen LogP contribution in [0.15, 0.2) is 12.1 Å². The molecule has 1 aromatic rings. The van der Waals surface area contributed by atoms with Crippen LogP contribution in [-0.4, -0.2) is 29.2 Å². The molecule has 0 bridgehead atoms. The number of hydrogen-bond acceptors (Lipinski definition) is 4. The summed E-state index contributed by atoms with van der Waals surface area (Å²) in [7, 11) is 0.